The summed E-state index contributed by atoms with van der Waals surface area (Å²) >= 11 is 2.37. The molecule has 1 nitrogen and oxygen atoms in total. The summed E-state index contributed by atoms with van der Waals surface area (Å²) in [5.74, 6) is 0.797. The fourth-order valence-electron chi connectivity index (χ4n) is 3.59. The van der Waals surface area contributed by atoms with E-state index in [1.54, 1.807) is 0 Å². The van der Waals surface area contributed by atoms with Crippen molar-refractivity contribution in [2.75, 3.05) is 7.05 Å². The highest BCUT2D eigenvalue weighted by Crippen LogP contribution is 2.42. The SMILES string of the molecule is CNC(Cc1ccc(I)cc1)C1CCCCC1(C)C. The minimum absolute atomic E-state index is 0.481. The molecular weight excluding hydrogens is 345 g/mol. The van der Waals surface area contributed by atoms with Crippen LogP contribution in [0.25, 0.3) is 0 Å². The molecule has 1 N–H and O–H groups in total. The lowest BCUT2D eigenvalue weighted by molar-refractivity contribution is 0.101. The van der Waals surface area contributed by atoms with Crippen LogP contribution >= 0.6 is 22.6 Å². The largest absolute Gasteiger partial charge is 0.316 e. The van der Waals surface area contributed by atoms with Crippen LogP contribution in [0, 0.1) is 14.9 Å². The molecule has 0 amide bonds. The Morgan fingerprint density at radius 2 is 1.95 bits per heavy atom. The standard InChI is InChI=1S/C17H26IN/c1-17(2)11-5-4-6-15(17)16(19-3)12-13-7-9-14(18)10-8-13/h7-10,15-16,19H,4-6,11-12H2,1-3H3. The maximum absolute atomic E-state index is 3.59. The maximum Gasteiger partial charge on any atom is 0.0138 e. The minimum atomic E-state index is 0.481. The van der Waals surface area contributed by atoms with Crippen LogP contribution in [0.5, 0.6) is 0 Å². The van der Waals surface area contributed by atoms with Crippen LogP contribution in [0.2, 0.25) is 0 Å². The van der Waals surface area contributed by atoms with Gasteiger partial charge in [0.05, 0.1) is 0 Å². The summed E-state index contributed by atoms with van der Waals surface area (Å²) in [5.41, 5.74) is 1.94. The highest BCUT2D eigenvalue weighted by molar-refractivity contribution is 14.1. The van der Waals surface area contributed by atoms with Gasteiger partial charge in [-0.15, -0.1) is 0 Å². The van der Waals surface area contributed by atoms with Crippen molar-refractivity contribution >= 4 is 22.6 Å². The van der Waals surface area contributed by atoms with Gasteiger partial charge in [-0.3, -0.25) is 0 Å². The van der Waals surface area contributed by atoms with Gasteiger partial charge in [0.1, 0.15) is 0 Å². The second kappa shape index (κ2) is 6.57. The third-order valence-corrected chi connectivity index (χ3v) is 5.53. The molecule has 0 aliphatic heterocycles. The first-order valence-electron chi connectivity index (χ1n) is 7.44. The van der Waals surface area contributed by atoms with Gasteiger partial charge in [0.2, 0.25) is 0 Å². The van der Waals surface area contributed by atoms with E-state index in [1.165, 1.54) is 34.8 Å². The second-order valence-electron chi connectivity index (χ2n) is 6.57. The molecule has 19 heavy (non-hydrogen) atoms. The molecule has 2 atom stereocenters. The van der Waals surface area contributed by atoms with Crippen LogP contribution in [-0.4, -0.2) is 13.1 Å². The van der Waals surface area contributed by atoms with E-state index in [0.29, 0.717) is 11.5 Å². The highest BCUT2D eigenvalue weighted by Gasteiger charge is 2.36. The average molecular weight is 371 g/mol. The fourth-order valence-corrected chi connectivity index (χ4v) is 3.95. The first kappa shape index (κ1) is 15.3. The molecule has 1 saturated carbocycles. The number of hydrogen-bond donors (Lipinski definition) is 1. The van der Waals surface area contributed by atoms with Crippen molar-refractivity contribution in [3.63, 3.8) is 0 Å². The molecule has 1 aromatic rings. The van der Waals surface area contributed by atoms with E-state index in [9.17, 15) is 0 Å². The van der Waals surface area contributed by atoms with Crippen molar-refractivity contribution in [3.8, 4) is 0 Å². The van der Waals surface area contributed by atoms with Gasteiger partial charge in [0.25, 0.3) is 0 Å². The summed E-state index contributed by atoms with van der Waals surface area (Å²) in [6.07, 6.45) is 6.72. The molecule has 0 bridgehead atoms. The summed E-state index contributed by atoms with van der Waals surface area (Å²) in [5, 5.41) is 3.59. The van der Waals surface area contributed by atoms with Crippen LogP contribution in [0.15, 0.2) is 24.3 Å². The molecule has 1 aliphatic rings. The summed E-state index contributed by atoms with van der Waals surface area (Å²) in [4.78, 5) is 0. The van der Waals surface area contributed by atoms with Crippen LogP contribution < -0.4 is 5.32 Å². The molecule has 1 aromatic carbocycles. The number of hydrogen-bond acceptors (Lipinski definition) is 1. The Kier molecular flexibility index (Phi) is 5.29. The lowest BCUT2D eigenvalue weighted by Crippen LogP contribution is -2.44. The van der Waals surface area contributed by atoms with E-state index in [1.807, 2.05) is 0 Å². The number of rotatable bonds is 4. The normalized spacial score (nSPS) is 24.1. The average Bonchev–Trinajstić information content (AvgIpc) is 2.38. The maximum atomic E-state index is 3.59. The Balaban J connectivity index is 2.08. The molecule has 1 fully saturated rings. The van der Waals surface area contributed by atoms with E-state index in [2.05, 4.69) is 73.1 Å². The Hall–Kier alpha value is -0.0900. The van der Waals surface area contributed by atoms with Crippen LogP contribution in [-0.2, 0) is 6.42 Å². The number of halogens is 1. The van der Waals surface area contributed by atoms with Gasteiger partial charge in [-0.05, 0) is 77.9 Å². The second-order valence-corrected chi connectivity index (χ2v) is 7.81. The Bertz CT molecular complexity index is 396. The lowest BCUT2D eigenvalue weighted by Gasteiger charge is -2.43. The monoisotopic (exact) mass is 371 g/mol. The van der Waals surface area contributed by atoms with Gasteiger partial charge in [0.15, 0.2) is 0 Å². The van der Waals surface area contributed by atoms with Gasteiger partial charge >= 0.3 is 0 Å². The highest BCUT2D eigenvalue weighted by atomic mass is 127. The van der Waals surface area contributed by atoms with Crippen LogP contribution in [0.1, 0.15) is 45.1 Å². The molecule has 0 saturated heterocycles. The molecule has 106 valence electrons. The van der Waals surface area contributed by atoms with E-state index < -0.39 is 0 Å². The van der Waals surface area contributed by atoms with Crippen LogP contribution in [0.3, 0.4) is 0 Å². The first-order valence-corrected chi connectivity index (χ1v) is 8.52. The van der Waals surface area contributed by atoms with Crippen molar-refractivity contribution in [2.24, 2.45) is 11.3 Å². The third kappa shape index (κ3) is 3.94. The number of likely N-dealkylation sites (N-methyl/N-ethyl adjacent to an activating group) is 1. The Morgan fingerprint density at radius 1 is 1.26 bits per heavy atom. The zero-order chi connectivity index (χ0) is 13.9. The van der Waals surface area contributed by atoms with E-state index in [-0.39, 0.29) is 0 Å². The first-order chi connectivity index (χ1) is 9.03. The summed E-state index contributed by atoms with van der Waals surface area (Å²) in [6.45, 7) is 4.91. The van der Waals surface area contributed by atoms with E-state index in [0.717, 1.165) is 12.3 Å². The Labute approximate surface area is 131 Å². The van der Waals surface area contributed by atoms with E-state index >= 15 is 0 Å². The van der Waals surface area contributed by atoms with E-state index in [4.69, 9.17) is 0 Å². The molecule has 2 rings (SSSR count). The molecule has 1 aliphatic carbocycles. The zero-order valence-electron chi connectivity index (χ0n) is 12.4. The van der Waals surface area contributed by atoms with Crippen molar-refractivity contribution in [2.45, 2.75) is 52.0 Å². The zero-order valence-corrected chi connectivity index (χ0v) is 14.5. The predicted octanol–water partition coefficient (Wildman–Crippen LogP) is 4.64. The van der Waals surface area contributed by atoms with Gasteiger partial charge < -0.3 is 5.32 Å². The molecule has 2 unspecified atom stereocenters. The number of benzene rings is 1. The number of nitrogens with one attached hydrogen (secondary N) is 1. The summed E-state index contributed by atoms with van der Waals surface area (Å²) in [6, 6.07) is 9.60. The van der Waals surface area contributed by atoms with Crippen LogP contribution in [0.4, 0.5) is 0 Å². The van der Waals surface area contributed by atoms with Crippen molar-refractivity contribution in [3.05, 3.63) is 33.4 Å². The molecule has 0 radical (unpaired) electrons. The molecule has 0 spiro atoms. The molecule has 0 aromatic heterocycles. The van der Waals surface area contributed by atoms with Gasteiger partial charge in [-0.25, -0.2) is 0 Å². The van der Waals surface area contributed by atoms with Crippen molar-refractivity contribution < 1.29 is 0 Å². The smallest absolute Gasteiger partial charge is 0.0138 e. The van der Waals surface area contributed by atoms with Gasteiger partial charge in [-0.1, -0.05) is 38.8 Å². The summed E-state index contributed by atoms with van der Waals surface area (Å²) in [7, 11) is 2.13. The molecular formula is C17H26IN. The summed E-state index contributed by atoms with van der Waals surface area (Å²) < 4.78 is 1.32. The molecule has 0 heterocycles. The predicted molar refractivity (Wildman–Crippen MR) is 91.4 cm³/mol. The molecule has 2 heteroatoms. The quantitative estimate of drug-likeness (QED) is 0.761. The Morgan fingerprint density at radius 3 is 2.53 bits per heavy atom. The van der Waals surface area contributed by atoms with Gasteiger partial charge in [0, 0.05) is 9.61 Å². The fraction of sp³-hybridized carbons (Fsp3) is 0.647. The lowest BCUT2D eigenvalue weighted by atomic mass is 9.65. The third-order valence-electron chi connectivity index (χ3n) is 4.82. The topological polar surface area (TPSA) is 12.0 Å². The minimum Gasteiger partial charge on any atom is -0.316 e. The van der Waals surface area contributed by atoms with Gasteiger partial charge in [-0.2, -0.15) is 0 Å². The van der Waals surface area contributed by atoms with Crippen molar-refractivity contribution in [1.29, 1.82) is 0 Å². The van der Waals surface area contributed by atoms with Crippen molar-refractivity contribution in [1.82, 2.24) is 5.32 Å².